The maximum atomic E-state index is 13.1. The molecule has 1 fully saturated rings. The molecular formula is C10H10FNO2. The first kappa shape index (κ1) is 8.99. The number of rotatable bonds is 2. The van der Waals surface area contributed by atoms with Crippen molar-refractivity contribution in [2.75, 3.05) is 5.32 Å². The Bertz CT molecular complexity index is 374. The van der Waals surface area contributed by atoms with Crippen LogP contribution in [0.4, 0.5) is 14.9 Å². The van der Waals surface area contributed by atoms with E-state index in [1.807, 2.05) is 5.32 Å². The summed E-state index contributed by atoms with van der Waals surface area (Å²) < 4.78 is 13.1. The van der Waals surface area contributed by atoms with E-state index in [9.17, 15) is 9.18 Å². The summed E-state index contributed by atoms with van der Waals surface area (Å²) in [6.07, 6.45) is 0.980. The number of anilines is 1. The van der Waals surface area contributed by atoms with Gasteiger partial charge in [-0.3, -0.25) is 5.32 Å². The Hall–Kier alpha value is -1.58. The van der Waals surface area contributed by atoms with Crippen LogP contribution in [-0.2, 0) is 0 Å². The summed E-state index contributed by atoms with van der Waals surface area (Å²) >= 11 is 0. The summed E-state index contributed by atoms with van der Waals surface area (Å²) in [5.41, 5.74) is 1.05. The van der Waals surface area contributed by atoms with Gasteiger partial charge in [-0.15, -0.1) is 0 Å². The molecule has 2 rings (SSSR count). The molecule has 0 radical (unpaired) electrons. The summed E-state index contributed by atoms with van der Waals surface area (Å²) in [6, 6.07) is 4.58. The highest BCUT2D eigenvalue weighted by Gasteiger charge is 2.24. The minimum absolute atomic E-state index is 0.0434. The Kier molecular flexibility index (Phi) is 2.11. The predicted octanol–water partition coefficient (Wildman–Crippen LogP) is 2.79. The highest BCUT2D eigenvalue weighted by Crippen LogP contribution is 2.41. The number of carbonyl (C=O) groups is 1. The van der Waals surface area contributed by atoms with Crippen LogP contribution in [0.1, 0.15) is 24.3 Å². The van der Waals surface area contributed by atoms with Gasteiger partial charge in [0, 0.05) is 0 Å². The number of benzene rings is 1. The van der Waals surface area contributed by atoms with E-state index in [2.05, 4.69) is 0 Å². The summed E-state index contributed by atoms with van der Waals surface area (Å²) in [5.74, 6) is -0.0401. The van der Waals surface area contributed by atoms with Gasteiger partial charge < -0.3 is 5.11 Å². The molecule has 0 atom stereocenters. The van der Waals surface area contributed by atoms with Gasteiger partial charge in [-0.1, -0.05) is 6.07 Å². The molecule has 1 saturated carbocycles. The molecule has 0 aromatic heterocycles. The van der Waals surface area contributed by atoms with Crippen molar-refractivity contribution in [2.24, 2.45) is 0 Å². The molecule has 0 spiro atoms. The Labute approximate surface area is 80.6 Å². The normalized spacial score (nSPS) is 15.2. The first-order valence-electron chi connectivity index (χ1n) is 4.46. The fourth-order valence-electron chi connectivity index (χ4n) is 1.42. The van der Waals surface area contributed by atoms with Gasteiger partial charge in [-0.2, -0.15) is 0 Å². The summed E-state index contributed by atoms with van der Waals surface area (Å²) in [5, 5.41) is 10.5. The third kappa shape index (κ3) is 1.84. The zero-order valence-corrected chi connectivity index (χ0v) is 7.46. The lowest BCUT2D eigenvalue weighted by Crippen LogP contribution is -2.09. The van der Waals surface area contributed by atoms with Crippen LogP contribution < -0.4 is 5.32 Å². The molecule has 4 heteroatoms. The van der Waals surface area contributed by atoms with Crippen LogP contribution >= 0.6 is 0 Å². The van der Waals surface area contributed by atoms with Crippen LogP contribution in [0.5, 0.6) is 0 Å². The molecule has 1 aromatic carbocycles. The summed E-state index contributed by atoms with van der Waals surface area (Å²) in [4.78, 5) is 10.3. The molecule has 1 aliphatic carbocycles. The van der Waals surface area contributed by atoms with Crippen molar-refractivity contribution < 1.29 is 14.3 Å². The van der Waals surface area contributed by atoms with Crippen LogP contribution in [-0.4, -0.2) is 11.2 Å². The van der Waals surface area contributed by atoms with E-state index >= 15 is 0 Å². The van der Waals surface area contributed by atoms with Crippen LogP contribution in [0.3, 0.4) is 0 Å². The van der Waals surface area contributed by atoms with Crippen molar-refractivity contribution in [3.8, 4) is 0 Å². The Balaban J connectivity index is 2.26. The van der Waals surface area contributed by atoms with E-state index in [0.29, 0.717) is 5.92 Å². The Morgan fingerprint density at radius 3 is 2.79 bits per heavy atom. The molecule has 0 saturated heterocycles. The van der Waals surface area contributed by atoms with Gasteiger partial charge in [0.2, 0.25) is 0 Å². The molecule has 0 bridgehead atoms. The second-order valence-electron chi connectivity index (χ2n) is 3.44. The molecular weight excluding hydrogens is 185 g/mol. The first-order chi connectivity index (χ1) is 6.66. The third-order valence-electron chi connectivity index (χ3n) is 2.28. The van der Waals surface area contributed by atoms with Crippen LogP contribution in [0.25, 0.3) is 0 Å². The molecule has 2 N–H and O–H groups in total. The van der Waals surface area contributed by atoms with Crippen LogP contribution in [0, 0.1) is 5.82 Å². The second kappa shape index (κ2) is 3.29. The smallest absolute Gasteiger partial charge is 0.409 e. The van der Waals surface area contributed by atoms with Gasteiger partial charge >= 0.3 is 6.09 Å². The fourth-order valence-corrected chi connectivity index (χ4v) is 1.42. The van der Waals surface area contributed by atoms with Gasteiger partial charge in [0.25, 0.3) is 0 Å². The van der Waals surface area contributed by atoms with Gasteiger partial charge in [-0.05, 0) is 36.5 Å². The average molecular weight is 195 g/mol. The largest absolute Gasteiger partial charge is 0.465 e. The molecule has 0 heterocycles. The second-order valence-corrected chi connectivity index (χ2v) is 3.44. The predicted molar refractivity (Wildman–Crippen MR) is 50.0 cm³/mol. The van der Waals surface area contributed by atoms with E-state index in [0.717, 1.165) is 18.4 Å². The lowest BCUT2D eigenvalue weighted by atomic mass is 10.1. The van der Waals surface area contributed by atoms with E-state index in [1.165, 1.54) is 6.07 Å². The van der Waals surface area contributed by atoms with Crippen molar-refractivity contribution in [1.29, 1.82) is 0 Å². The zero-order valence-electron chi connectivity index (χ0n) is 7.46. The monoisotopic (exact) mass is 195 g/mol. The van der Waals surface area contributed by atoms with E-state index in [1.54, 1.807) is 12.1 Å². The number of amides is 1. The van der Waals surface area contributed by atoms with Crippen molar-refractivity contribution in [2.45, 2.75) is 18.8 Å². The lowest BCUT2D eigenvalue weighted by Gasteiger charge is -2.05. The van der Waals surface area contributed by atoms with Gasteiger partial charge in [0.1, 0.15) is 5.82 Å². The molecule has 1 aromatic rings. The van der Waals surface area contributed by atoms with Gasteiger partial charge in [-0.25, -0.2) is 9.18 Å². The fraction of sp³-hybridized carbons (Fsp3) is 0.300. The van der Waals surface area contributed by atoms with Crippen molar-refractivity contribution >= 4 is 11.8 Å². The molecule has 14 heavy (non-hydrogen) atoms. The highest BCUT2D eigenvalue weighted by molar-refractivity contribution is 5.83. The van der Waals surface area contributed by atoms with Gasteiger partial charge in [0.05, 0.1) is 5.69 Å². The van der Waals surface area contributed by atoms with Crippen LogP contribution in [0.15, 0.2) is 18.2 Å². The number of nitrogens with one attached hydrogen (secondary N) is 1. The number of carboxylic acid groups (broad SMARTS) is 1. The van der Waals surface area contributed by atoms with E-state index < -0.39 is 11.9 Å². The van der Waals surface area contributed by atoms with Crippen molar-refractivity contribution in [3.63, 3.8) is 0 Å². The molecule has 3 nitrogen and oxygen atoms in total. The minimum atomic E-state index is -1.24. The summed E-state index contributed by atoms with van der Waals surface area (Å²) in [6.45, 7) is 0. The highest BCUT2D eigenvalue weighted by atomic mass is 19.1. The molecule has 1 aliphatic rings. The topological polar surface area (TPSA) is 49.3 Å². The lowest BCUT2D eigenvalue weighted by molar-refractivity contribution is 0.209. The number of halogens is 1. The molecule has 0 aliphatic heterocycles. The maximum Gasteiger partial charge on any atom is 0.409 e. The number of hydrogen-bond acceptors (Lipinski definition) is 1. The maximum absolute atomic E-state index is 13.1. The minimum Gasteiger partial charge on any atom is -0.465 e. The summed E-state index contributed by atoms with van der Waals surface area (Å²) in [7, 11) is 0. The standard InChI is InChI=1S/C10H10FNO2/c11-8-4-3-7(6-1-2-6)5-9(8)12-10(13)14/h3-6,12H,1-2H2,(H,13,14). The first-order valence-corrected chi connectivity index (χ1v) is 4.46. The molecule has 74 valence electrons. The third-order valence-corrected chi connectivity index (χ3v) is 2.28. The van der Waals surface area contributed by atoms with Crippen molar-refractivity contribution in [1.82, 2.24) is 0 Å². The van der Waals surface area contributed by atoms with E-state index in [-0.39, 0.29) is 5.69 Å². The van der Waals surface area contributed by atoms with Crippen molar-refractivity contribution in [3.05, 3.63) is 29.6 Å². The van der Waals surface area contributed by atoms with Gasteiger partial charge in [0.15, 0.2) is 0 Å². The van der Waals surface area contributed by atoms with Crippen LogP contribution in [0.2, 0.25) is 0 Å². The molecule has 1 amide bonds. The molecule has 0 unspecified atom stereocenters. The van der Waals surface area contributed by atoms with E-state index in [4.69, 9.17) is 5.11 Å². The quantitative estimate of drug-likeness (QED) is 0.762. The Morgan fingerprint density at radius 2 is 2.21 bits per heavy atom. The Morgan fingerprint density at radius 1 is 1.50 bits per heavy atom. The number of hydrogen-bond donors (Lipinski definition) is 2. The SMILES string of the molecule is O=C(O)Nc1cc(C2CC2)ccc1F. The zero-order chi connectivity index (χ0) is 10.1. The average Bonchev–Trinajstić information content (AvgIpc) is 2.91.